The molecule has 0 bridgehead atoms. The van der Waals surface area contributed by atoms with Crippen LogP contribution in [0.2, 0.25) is 0 Å². The number of nitriles is 1. The Morgan fingerprint density at radius 2 is 1.56 bits per heavy atom. The summed E-state index contributed by atoms with van der Waals surface area (Å²) < 4.78 is 0. The van der Waals surface area contributed by atoms with E-state index in [1.54, 1.807) is 0 Å². The number of hydrogen-bond acceptors (Lipinski definition) is 1. The zero-order chi connectivity index (χ0) is 13.6. The minimum atomic E-state index is -0.279. The lowest BCUT2D eigenvalue weighted by atomic mass is 9.74. The van der Waals surface area contributed by atoms with Gasteiger partial charge in [0.05, 0.1) is 11.5 Å². The molecule has 1 aromatic carbocycles. The van der Waals surface area contributed by atoms with E-state index < -0.39 is 0 Å². The molecule has 0 aliphatic rings. The molecule has 0 aromatic heterocycles. The maximum atomic E-state index is 9.62. The lowest BCUT2D eigenvalue weighted by Gasteiger charge is -2.26. The van der Waals surface area contributed by atoms with Crippen molar-refractivity contribution in [2.45, 2.75) is 64.7 Å². The van der Waals surface area contributed by atoms with E-state index in [4.69, 9.17) is 0 Å². The Morgan fingerprint density at radius 1 is 1.06 bits per heavy atom. The second-order valence-electron chi connectivity index (χ2n) is 5.47. The number of rotatable bonds is 6. The molecule has 0 aliphatic carbocycles. The first kappa shape index (κ1) is 14.8. The highest BCUT2D eigenvalue weighted by Gasteiger charge is 2.30. The number of nitrogens with zero attached hydrogens (tertiary/aromatic N) is 1. The van der Waals surface area contributed by atoms with Crippen molar-refractivity contribution >= 4 is 0 Å². The molecule has 0 fully saturated rings. The summed E-state index contributed by atoms with van der Waals surface area (Å²) in [5, 5.41) is 9.62. The highest BCUT2D eigenvalue weighted by atomic mass is 14.4. The summed E-state index contributed by atoms with van der Waals surface area (Å²) in [6.07, 6.45) is 4.02. The molecule has 18 heavy (non-hydrogen) atoms. The van der Waals surface area contributed by atoms with Crippen LogP contribution in [0.15, 0.2) is 24.3 Å². The van der Waals surface area contributed by atoms with Crippen LogP contribution in [0.4, 0.5) is 0 Å². The van der Waals surface area contributed by atoms with E-state index in [1.807, 2.05) is 0 Å². The van der Waals surface area contributed by atoms with Crippen molar-refractivity contribution in [3.63, 3.8) is 0 Å². The van der Waals surface area contributed by atoms with Gasteiger partial charge in [0.2, 0.25) is 0 Å². The molecular formula is C17H25N. The van der Waals surface area contributed by atoms with Crippen molar-refractivity contribution in [1.29, 1.82) is 5.26 Å². The van der Waals surface area contributed by atoms with Crippen molar-refractivity contribution in [3.8, 4) is 6.07 Å². The average Bonchev–Trinajstić information content (AvgIpc) is 2.38. The van der Waals surface area contributed by atoms with Crippen LogP contribution in [0, 0.1) is 11.3 Å². The molecule has 0 amide bonds. The maximum Gasteiger partial charge on any atom is 0.0822 e. The molecule has 1 nitrogen and oxygen atoms in total. The van der Waals surface area contributed by atoms with Crippen LogP contribution in [0.25, 0.3) is 0 Å². The van der Waals surface area contributed by atoms with Gasteiger partial charge in [0.1, 0.15) is 0 Å². The summed E-state index contributed by atoms with van der Waals surface area (Å²) in [6, 6.07) is 11.3. The van der Waals surface area contributed by atoms with Gasteiger partial charge in [0.15, 0.2) is 0 Å². The van der Waals surface area contributed by atoms with Crippen LogP contribution in [-0.4, -0.2) is 0 Å². The fraction of sp³-hybridized carbons (Fsp3) is 0.588. The van der Waals surface area contributed by atoms with Gasteiger partial charge < -0.3 is 0 Å². The van der Waals surface area contributed by atoms with E-state index >= 15 is 0 Å². The van der Waals surface area contributed by atoms with Crippen molar-refractivity contribution in [2.75, 3.05) is 0 Å². The van der Waals surface area contributed by atoms with Gasteiger partial charge in [-0.25, -0.2) is 0 Å². The zero-order valence-corrected chi connectivity index (χ0v) is 12.2. The average molecular weight is 243 g/mol. The third-order valence-corrected chi connectivity index (χ3v) is 3.70. The Bertz CT molecular complexity index is 389. The topological polar surface area (TPSA) is 23.8 Å². The minimum Gasteiger partial charge on any atom is -0.197 e. The quantitative estimate of drug-likeness (QED) is 0.676. The molecule has 0 radical (unpaired) electrons. The van der Waals surface area contributed by atoms with E-state index in [9.17, 15) is 5.26 Å². The molecule has 1 rings (SSSR count). The van der Waals surface area contributed by atoms with Crippen molar-refractivity contribution in [2.24, 2.45) is 0 Å². The van der Waals surface area contributed by atoms with Gasteiger partial charge in [-0.3, -0.25) is 0 Å². The predicted molar refractivity (Wildman–Crippen MR) is 77.6 cm³/mol. The third kappa shape index (κ3) is 3.13. The third-order valence-electron chi connectivity index (χ3n) is 3.70. The van der Waals surface area contributed by atoms with Gasteiger partial charge in [-0.15, -0.1) is 0 Å². The van der Waals surface area contributed by atoms with Crippen LogP contribution in [-0.2, 0) is 5.41 Å². The highest BCUT2D eigenvalue weighted by Crippen LogP contribution is 2.34. The van der Waals surface area contributed by atoms with Gasteiger partial charge >= 0.3 is 0 Å². The highest BCUT2D eigenvalue weighted by molar-refractivity contribution is 5.35. The summed E-state index contributed by atoms with van der Waals surface area (Å²) in [4.78, 5) is 0. The van der Waals surface area contributed by atoms with Crippen LogP contribution in [0.1, 0.15) is 70.4 Å². The summed E-state index contributed by atoms with van der Waals surface area (Å²) in [5.74, 6) is 0.549. The number of benzene rings is 1. The largest absolute Gasteiger partial charge is 0.197 e. The van der Waals surface area contributed by atoms with E-state index in [0.717, 1.165) is 25.7 Å². The first-order valence-corrected chi connectivity index (χ1v) is 7.11. The van der Waals surface area contributed by atoms with Gasteiger partial charge in [0, 0.05) is 0 Å². The Hall–Kier alpha value is -1.29. The van der Waals surface area contributed by atoms with Crippen molar-refractivity contribution in [3.05, 3.63) is 35.4 Å². The Morgan fingerprint density at radius 3 is 1.89 bits per heavy atom. The van der Waals surface area contributed by atoms with Gasteiger partial charge in [-0.1, -0.05) is 64.8 Å². The summed E-state index contributed by atoms with van der Waals surface area (Å²) in [6.45, 7) is 8.71. The van der Waals surface area contributed by atoms with Gasteiger partial charge in [0.25, 0.3) is 0 Å². The molecule has 1 aromatic rings. The second-order valence-corrected chi connectivity index (χ2v) is 5.47. The van der Waals surface area contributed by atoms with Gasteiger partial charge in [-0.05, 0) is 29.9 Å². The molecule has 0 saturated heterocycles. The Labute approximate surface area is 112 Å². The summed E-state index contributed by atoms with van der Waals surface area (Å²) in [5.41, 5.74) is 2.26. The standard InChI is InChI=1S/C17H25N/c1-5-11-17(13-18,12-6-2)16-9-7-15(8-10-16)14(3)4/h7-10,14H,5-6,11-12H2,1-4H3. The summed E-state index contributed by atoms with van der Waals surface area (Å²) >= 11 is 0. The Kier molecular flexibility index (Phi) is 5.41. The summed E-state index contributed by atoms with van der Waals surface area (Å²) in [7, 11) is 0. The van der Waals surface area contributed by atoms with Crippen LogP contribution in [0.3, 0.4) is 0 Å². The molecule has 0 saturated carbocycles. The SMILES string of the molecule is CCCC(C#N)(CCC)c1ccc(C(C)C)cc1. The van der Waals surface area contributed by atoms with E-state index in [2.05, 4.69) is 58.0 Å². The molecule has 0 aliphatic heterocycles. The molecule has 0 heterocycles. The normalized spacial score (nSPS) is 11.6. The van der Waals surface area contributed by atoms with Crippen LogP contribution in [0.5, 0.6) is 0 Å². The molecule has 0 atom stereocenters. The molecular weight excluding hydrogens is 218 g/mol. The maximum absolute atomic E-state index is 9.62. The van der Waals surface area contributed by atoms with Crippen LogP contribution >= 0.6 is 0 Å². The zero-order valence-electron chi connectivity index (χ0n) is 12.2. The van der Waals surface area contributed by atoms with E-state index in [0.29, 0.717) is 5.92 Å². The molecule has 1 heteroatoms. The van der Waals surface area contributed by atoms with E-state index in [-0.39, 0.29) is 5.41 Å². The Balaban J connectivity index is 3.09. The fourth-order valence-corrected chi connectivity index (χ4v) is 2.63. The smallest absolute Gasteiger partial charge is 0.0822 e. The molecule has 0 unspecified atom stereocenters. The minimum absolute atomic E-state index is 0.279. The first-order valence-electron chi connectivity index (χ1n) is 7.11. The first-order chi connectivity index (χ1) is 8.59. The molecule has 98 valence electrons. The molecule has 0 spiro atoms. The van der Waals surface area contributed by atoms with E-state index in [1.165, 1.54) is 11.1 Å². The molecule has 0 N–H and O–H groups in total. The van der Waals surface area contributed by atoms with Gasteiger partial charge in [-0.2, -0.15) is 5.26 Å². The fourth-order valence-electron chi connectivity index (χ4n) is 2.63. The lowest BCUT2D eigenvalue weighted by Crippen LogP contribution is -2.23. The van der Waals surface area contributed by atoms with Crippen molar-refractivity contribution < 1.29 is 0 Å². The van der Waals surface area contributed by atoms with Crippen LogP contribution < -0.4 is 0 Å². The lowest BCUT2D eigenvalue weighted by molar-refractivity contribution is 0.453. The predicted octanol–water partition coefficient (Wildman–Crippen LogP) is 5.17. The van der Waals surface area contributed by atoms with Crippen molar-refractivity contribution in [1.82, 2.24) is 0 Å². The second kappa shape index (κ2) is 6.59. The monoisotopic (exact) mass is 243 g/mol. The number of hydrogen-bond donors (Lipinski definition) is 0.